The minimum atomic E-state index is -0.201. The van der Waals surface area contributed by atoms with Crippen LogP contribution in [0.15, 0.2) is 33.8 Å². The van der Waals surface area contributed by atoms with Gasteiger partial charge in [-0.1, -0.05) is 35.8 Å². The van der Waals surface area contributed by atoms with Crippen molar-refractivity contribution in [2.24, 2.45) is 11.0 Å². The van der Waals surface area contributed by atoms with Crippen molar-refractivity contribution in [3.8, 4) is 0 Å². The first kappa shape index (κ1) is 11.9. The topological polar surface area (TPSA) is 41.5 Å². The molecule has 0 spiro atoms. The summed E-state index contributed by atoms with van der Waals surface area (Å²) in [5.41, 5.74) is 3.06. The van der Waals surface area contributed by atoms with E-state index in [4.69, 9.17) is 0 Å². The number of hydrogen-bond acceptors (Lipinski definition) is 2. The summed E-state index contributed by atoms with van der Waals surface area (Å²) in [7, 11) is 0. The lowest BCUT2D eigenvalue weighted by molar-refractivity contribution is 0.0955. The molecule has 0 saturated carbocycles. The number of carbonyl (C=O) groups excluding carboxylic acids is 1. The van der Waals surface area contributed by atoms with Gasteiger partial charge in [0.25, 0.3) is 5.91 Å². The third-order valence-electron chi connectivity index (χ3n) is 1.63. The zero-order valence-electron chi connectivity index (χ0n) is 8.70. The van der Waals surface area contributed by atoms with Crippen LogP contribution in [-0.4, -0.2) is 12.1 Å². The Balaban J connectivity index is 2.62. The molecule has 4 heteroatoms. The quantitative estimate of drug-likeness (QED) is 0.665. The summed E-state index contributed by atoms with van der Waals surface area (Å²) in [6, 6.07) is 7.17. The summed E-state index contributed by atoms with van der Waals surface area (Å²) in [5, 5.41) is 3.84. The lowest BCUT2D eigenvalue weighted by Crippen LogP contribution is -2.17. The molecule has 1 N–H and O–H groups in total. The SMILES string of the molecule is CC(C)/C=N/NC(=O)c1cccc(Br)c1. The minimum absolute atomic E-state index is 0.201. The van der Waals surface area contributed by atoms with Crippen molar-refractivity contribution in [3.63, 3.8) is 0 Å². The molecule has 1 aromatic rings. The third-order valence-corrected chi connectivity index (χ3v) is 2.12. The van der Waals surface area contributed by atoms with Gasteiger partial charge in [-0.3, -0.25) is 4.79 Å². The molecule has 0 heterocycles. The average molecular weight is 269 g/mol. The van der Waals surface area contributed by atoms with Crippen LogP contribution in [0.25, 0.3) is 0 Å². The normalized spacial score (nSPS) is 10.9. The highest BCUT2D eigenvalue weighted by molar-refractivity contribution is 9.10. The van der Waals surface area contributed by atoms with E-state index in [2.05, 4.69) is 26.5 Å². The van der Waals surface area contributed by atoms with Gasteiger partial charge in [-0.15, -0.1) is 0 Å². The van der Waals surface area contributed by atoms with Crippen molar-refractivity contribution in [2.75, 3.05) is 0 Å². The van der Waals surface area contributed by atoms with Gasteiger partial charge in [0.05, 0.1) is 0 Å². The molecule has 0 aromatic heterocycles. The predicted octanol–water partition coefficient (Wildman–Crippen LogP) is 2.82. The third kappa shape index (κ3) is 4.25. The second-order valence-corrected chi connectivity index (χ2v) is 4.39. The first-order valence-corrected chi connectivity index (χ1v) is 5.48. The van der Waals surface area contributed by atoms with Crippen LogP contribution in [0.2, 0.25) is 0 Å². The van der Waals surface area contributed by atoms with Gasteiger partial charge in [-0.05, 0) is 24.1 Å². The maximum atomic E-state index is 11.5. The van der Waals surface area contributed by atoms with Crippen molar-refractivity contribution in [3.05, 3.63) is 34.3 Å². The molecule has 1 amide bonds. The van der Waals surface area contributed by atoms with Crippen LogP contribution in [0.1, 0.15) is 24.2 Å². The Bertz CT molecular complexity index is 375. The average Bonchev–Trinajstić information content (AvgIpc) is 2.17. The number of amides is 1. The monoisotopic (exact) mass is 268 g/mol. The van der Waals surface area contributed by atoms with Gasteiger partial charge in [0, 0.05) is 16.3 Å². The van der Waals surface area contributed by atoms with E-state index in [1.165, 1.54) is 0 Å². The Hall–Kier alpha value is -1.16. The van der Waals surface area contributed by atoms with Gasteiger partial charge >= 0.3 is 0 Å². The zero-order valence-corrected chi connectivity index (χ0v) is 10.3. The summed E-state index contributed by atoms with van der Waals surface area (Å²) >= 11 is 3.30. The second kappa shape index (κ2) is 5.66. The molecule has 1 aromatic carbocycles. The van der Waals surface area contributed by atoms with E-state index in [-0.39, 0.29) is 5.91 Å². The van der Waals surface area contributed by atoms with Crippen LogP contribution in [-0.2, 0) is 0 Å². The lowest BCUT2D eigenvalue weighted by atomic mass is 10.2. The highest BCUT2D eigenvalue weighted by Crippen LogP contribution is 2.11. The summed E-state index contributed by atoms with van der Waals surface area (Å²) in [4.78, 5) is 11.5. The molecule has 80 valence electrons. The first-order valence-electron chi connectivity index (χ1n) is 4.68. The molecule has 0 radical (unpaired) electrons. The maximum absolute atomic E-state index is 11.5. The fourth-order valence-corrected chi connectivity index (χ4v) is 1.34. The number of benzene rings is 1. The molecule has 3 nitrogen and oxygen atoms in total. The molecule has 0 aliphatic rings. The smallest absolute Gasteiger partial charge is 0.267 e. The van der Waals surface area contributed by atoms with Crippen LogP contribution >= 0.6 is 15.9 Å². The molecule has 15 heavy (non-hydrogen) atoms. The van der Waals surface area contributed by atoms with Crippen LogP contribution in [0.3, 0.4) is 0 Å². The second-order valence-electron chi connectivity index (χ2n) is 3.47. The van der Waals surface area contributed by atoms with Gasteiger partial charge in [-0.25, -0.2) is 5.43 Å². The van der Waals surface area contributed by atoms with Crippen LogP contribution < -0.4 is 5.43 Å². The Morgan fingerprint density at radius 2 is 2.27 bits per heavy atom. The lowest BCUT2D eigenvalue weighted by Gasteiger charge is -2.00. The molecule has 0 aliphatic heterocycles. The van der Waals surface area contributed by atoms with Crippen LogP contribution in [0.5, 0.6) is 0 Å². The van der Waals surface area contributed by atoms with Gasteiger partial charge in [-0.2, -0.15) is 5.10 Å². The van der Waals surface area contributed by atoms with Gasteiger partial charge < -0.3 is 0 Å². The summed E-state index contributed by atoms with van der Waals surface area (Å²) in [5.74, 6) is 0.126. The number of halogens is 1. The van der Waals surface area contributed by atoms with E-state index in [1.54, 1.807) is 18.3 Å². The zero-order chi connectivity index (χ0) is 11.3. The fourth-order valence-electron chi connectivity index (χ4n) is 0.939. The highest BCUT2D eigenvalue weighted by Gasteiger charge is 2.03. The van der Waals surface area contributed by atoms with Crippen molar-refractivity contribution in [2.45, 2.75) is 13.8 Å². The Kier molecular flexibility index (Phi) is 4.49. The molecule has 0 bridgehead atoms. The molecule has 0 atom stereocenters. The van der Waals surface area contributed by atoms with E-state index in [0.717, 1.165) is 4.47 Å². The Morgan fingerprint density at radius 1 is 1.53 bits per heavy atom. The number of nitrogens with zero attached hydrogens (tertiary/aromatic N) is 1. The standard InChI is InChI=1S/C11H13BrN2O/c1-8(2)7-13-14-11(15)9-4-3-5-10(12)6-9/h3-8H,1-2H3,(H,14,15)/b13-7+. The molecular formula is C11H13BrN2O. The van der Waals surface area contributed by atoms with E-state index < -0.39 is 0 Å². The van der Waals surface area contributed by atoms with Gasteiger partial charge in [0.2, 0.25) is 0 Å². The Morgan fingerprint density at radius 3 is 2.87 bits per heavy atom. The summed E-state index contributed by atoms with van der Waals surface area (Å²) in [6.45, 7) is 3.99. The molecule has 0 fully saturated rings. The van der Waals surface area contributed by atoms with E-state index in [9.17, 15) is 4.79 Å². The number of nitrogens with one attached hydrogen (secondary N) is 1. The number of hydrazone groups is 1. The Labute approximate surface area is 97.7 Å². The van der Waals surface area contributed by atoms with Crippen molar-refractivity contribution >= 4 is 28.1 Å². The summed E-state index contributed by atoms with van der Waals surface area (Å²) in [6.07, 6.45) is 1.69. The molecule has 0 saturated heterocycles. The van der Waals surface area contributed by atoms with E-state index in [1.807, 2.05) is 26.0 Å². The molecule has 1 rings (SSSR count). The van der Waals surface area contributed by atoms with Gasteiger partial charge in [0.1, 0.15) is 0 Å². The number of carbonyl (C=O) groups is 1. The van der Waals surface area contributed by atoms with Gasteiger partial charge in [0.15, 0.2) is 0 Å². The number of rotatable bonds is 3. The van der Waals surface area contributed by atoms with Crippen LogP contribution in [0.4, 0.5) is 0 Å². The van der Waals surface area contributed by atoms with Crippen molar-refractivity contribution < 1.29 is 4.79 Å². The van der Waals surface area contributed by atoms with Crippen molar-refractivity contribution in [1.82, 2.24) is 5.43 Å². The van der Waals surface area contributed by atoms with Crippen molar-refractivity contribution in [1.29, 1.82) is 0 Å². The molecule has 0 unspecified atom stereocenters. The molecular weight excluding hydrogens is 256 g/mol. The molecule has 0 aliphatic carbocycles. The van der Waals surface area contributed by atoms with Crippen LogP contribution in [0, 0.1) is 5.92 Å². The first-order chi connectivity index (χ1) is 7.09. The van der Waals surface area contributed by atoms with E-state index in [0.29, 0.717) is 11.5 Å². The number of hydrogen-bond donors (Lipinski definition) is 1. The van der Waals surface area contributed by atoms with E-state index >= 15 is 0 Å². The predicted molar refractivity (Wildman–Crippen MR) is 64.9 cm³/mol. The highest BCUT2D eigenvalue weighted by atomic mass is 79.9. The summed E-state index contributed by atoms with van der Waals surface area (Å²) < 4.78 is 0.878. The maximum Gasteiger partial charge on any atom is 0.271 e. The minimum Gasteiger partial charge on any atom is -0.267 e. The largest absolute Gasteiger partial charge is 0.271 e. The fraction of sp³-hybridized carbons (Fsp3) is 0.273.